The normalized spacial score (nSPS) is 17.3. The number of aromatic nitrogens is 3. The van der Waals surface area contributed by atoms with Crippen LogP contribution in [-0.2, 0) is 11.2 Å². The van der Waals surface area contributed by atoms with Gasteiger partial charge in [-0.3, -0.25) is 9.89 Å². The van der Waals surface area contributed by atoms with Gasteiger partial charge in [0.25, 0.3) is 0 Å². The molecule has 0 aromatic carbocycles. The van der Waals surface area contributed by atoms with Crippen molar-refractivity contribution in [3.05, 3.63) is 12.2 Å². The van der Waals surface area contributed by atoms with Gasteiger partial charge in [-0.15, -0.1) is 0 Å². The van der Waals surface area contributed by atoms with Crippen molar-refractivity contribution in [3.63, 3.8) is 0 Å². The molecule has 1 fully saturated rings. The lowest BCUT2D eigenvalue weighted by Gasteiger charge is -2.18. The third-order valence-electron chi connectivity index (χ3n) is 3.45. The van der Waals surface area contributed by atoms with Gasteiger partial charge in [0, 0.05) is 13.0 Å². The molecule has 96 valence electrons. The van der Waals surface area contributed by atoms with E-state index in [4.69, 9.17) is 5.26 Å². The van der Waals surface area contributed by atoms with E-state index in [1.165, 1.54) is 6.33 Å². The van der Waals surface area contributed by atoms with Gasteiger partial charge in [0.2, 0.25) is 5.91 Å². The summed E-state index contributed by atoms with van der Waals surface area (Å²) < 4.78 is 0. The highest BCUT2D eigenvalue weighted by atomic mass is 16.2. The zero-order chi connectivity index (χ0) is 12.8. The SMILES string of the molecule is N#CC1(C(=O)NCCCc2ncn[nH]2)CCCC1. The zero-order valence-corrected chi connectivity index (χ0v) is 10.3. The minimum absolute atomic E-state index is 0.111. The van der Waals surface area contributed by atoms with Gasteiger partial charge in [-0.1, -0.05) is 12.8 Å². The molecule has 2 rings (SSSR count). The van der Waals surface area contributed by atoms with Crippen LogP contribution in [0.5, 0.6) is 0 Å². The van der Waals surface area contributed by atoms with Crippen molar-refractivity contribution < 1.29 is 4.79 Å². The monoisotopic (exact) mass is 247 g/mol. The molecule has 0 aliphatic heterocycles. The third kappa shape index (κ3) is 2.67. The molecule has 1 saturated carbocycles. The quantitative estimate of drug-likeness (QED) is 0.757. The van der Waals surface area contributed by atoms with E-state index < -0.39 is 5.41 Å². The largest absolute Gasteiger partial charge is 0.355 e. The topological polar surface area (TPSA) is 94.5 Å². The van der Waals surface area contributed by atoms with E-state index in [2.05, 4.69) is 26.6 Å². The summed E-state index contributed by atoms with van der Waals surface area (Å²) in [7, 11) is 0. The van der Waals surface area contributed by atoms with Crippen molar-refractivity contribution in [2.45, 2.75) is 38.5 Å². The maximum absolute atomic E-state index is 12.0. The number of hydrogen-bond donors (Lipinski definition) is 2. The Bertz CT molecular complexity index is 428. The average molecular weight is 247 g/mol. The Morgan fingerprint density at radius 3 is 2.94 bits per heavy atom. The van der Waals surface area contributed by atoms with E-state index in [1.54, 1.807) is 0 Å². The van der Waals surface area contributed by atoms with Crippen molar-refractivity contribution in [1.82, 2.24) is 20.5 Å². The molecule has 1 aliphatic carbocycles. The first-order valence-electron chi connectivity index (χ1n) is 6.31. The van der Waals surface area contributed by atoms with Crippen LogP contribution in [0.25, 0.3) is 0 Å². The number of nitriles is 1. The van der Waals surface area contributed by atoms with Crippen LogP contribution >= 0.6 is 0 Å². The molecule has 0 atom stereocenters. The van der Waals surface area contributed by atoms with E-state index >= 15 is 0 Å². The second-order valence-electron chi connectivity index (χ2n) is 4.69. The van der Waals surface area contributed by atoms with Gasteiger partial charge in [-0.25, -0.2) is 4.98 Å². The maximum atomic E-state index is 12.0. The minimum atomic E-state index is -0.772. The zero-order valence-electron chi connectivity index (χ0n) is 10.3. The molecule has 0 radical (unpaired) electrons. The Morgan fingerprint density at radius 1 is 1.56 bits per heavy atom. The van der Waals surface area contributed by atoms with Crippen molar-refractivity contribution in [3.8, 4) is 6.07 Å². The highest BCUT2D eigenvalue weighted by Gasteiger charge is 2.41. The second-order valence-corrected chi connectivity index (χ2v) is 4.69. The Balaban J connectivity index is 1.73. The summed E-state index contributed by atoms with van der Waals surface area (Å²) in [5.74, 6) is 0.709. The van der Waals surface area contributed by atoms with Gasteiger partial charge in [-0.05, 0) is 19.3 Å². The number of rotatable bonds is 5. The number of nitrogens with one attached hydrogen (secondary N) is 2. The second kappa shape index (κ2) is 5.63. The van der Waals surface area contributed by atoms with Gasteiger partial charge < -0.3 is 5.32 Å². The van der Waals surface area contributed by atoms with Crippen LogP contribution in [-0.4, -0.2) is 27.6 Å². The summed E-state index contributed by atoms with van der Waals surface area (Å²) in [5.41, 5.74) is -0.772. The van der Waals surface area contributed by atoms with Crippen LogP contribution in [0.2, 0.25) is 0 Å². The van der Waals surface area contributed by atoms with Crippen molar-refractivity contribution in [1.29, 1.82) is 5.26 Å². The minimum Gasteiger partial charge on any atom is -0.355 e. The predicted octanol–water partition coefficient (Wildman–Crippen LogP) is 0.937. The Kier molecular flexibility index (Phi) is 3.92. The lowest BCUT2D eigenvalue weighted by molar-refractivity contribution is -0.127. The number of H-pyrrole nitrogens is 1. The first-order chi connectivity index (χ1) is 8.77. The molecule has 1 aromatic rings. The molecule has 6 heteroatoms. The number of carbonyl (C=O) groups excluding carboxylic acids is 1. The van der Waals surface area contributed by atoms with Crippen LogP contribution in [0.3, 0.4) is 0 Å². The number of aromatic amines is 1. The van der Waals surface area contributed by atoms with Crippen LogP contribution in [0.15, 0.2) is 6.33 Å². The standard InChI is InChI=1S/C12H17N5O/c13-8-12(5-1-2-6-12)11(18)14-7-3-4-10-15-9-16-17-10/h9H,1-7H2,(H,14,18)(H,15,16,17). The first kappa shape index (κ1) is 12.6. The van der Waals surface area contributed by atoms with Crippen molar-refractivity contribution >= 4 is 5.91 Å². The lowest BCUT2D eigenvalue weighted by Crippen LogP contribution is -2.38. The van der Waals surface area contributed by atoms with Crippen LogP contribution < -0.4 is 5.32 Å². The molecule has 0 bridgehead atoms. The molecular weight excluding hydrogens is 230 g/mol. The Morgan fingerprint density at radius 2 is 2.33 bits per heavy atom. The fraction of sp³-hybridized carbons (Fsp3) is 0.667. The van der Waals surface area contributed by atoms with Gasteiger partial charge >= 0.3 is 0 Å². The fourth-order valence-electron chi connectivity index (χ4n) is 2.35. The average Bonchev–Trinajstić information content (AvgIpc) is 3.05. The predicted molar refractivity (Wildman–Crippen MR) is 64.2 cm³/mol. The summed E-state index contributed by atoms with van der Waals surface area (Å²) in [4.78, 5) is 16.0. The molecule has 0 saturated heterocycles. The molecule has 1 heterocycles. The summed E-state index contributed by atoms with van der Waals surface area (Å²) in [6.07, 6.45) is 6.34. The third-order valence-corrected chi connectivity index (χ3v) is 3.45. The summed E-state index contributed by atoms with van der Waals surface area (Å²) in [5, 5.41) is 18.5. The smallest absolute Gasteiger partial charge is 0.240 e. The molecule has 6 nitrogen and oxygen atoms in total. The summed E-state index contributed by atoms with van der Waals surface area (Å²) in [6.45, 7) is 0.572. The van der Waals surface area contributed by atoms with Crippen molar-refractivity contribution in [2.24, 2.45) is 5.41 Å². The number of nitrogens with zero attached hydrogens (tertiary/aromatic N) is 3. The number of aryl methyl sites for hydroxylation is 1. The molecule has 1 aliphatic rings. The summed E-state index contributed by atoms with van der Waals surface area (Å²) >= 11 is 0. The molecule has 0 spiro atoms. The lowest BCUT2D eigenvalue weighted by atomic mass is 9.87. The van der Waals surface area contributed by atoms with E-state index in [9.17, 15) is 4.79 Å². The molecular formula is C12H17N5O. The van der Waals surface area contributed by atoms with Gasteiger partial charge in [0.05, 0.1) is 6.07 Å². The molecule has 1 amide bonds. The first-order valence-corrected chi connectivity index (χ1v) is 6.31. The van der Waals surface area contributed by atoms with E-state index in [-0.39, 0.29) is 5.91 Å². The van der Waals surface area contributed by atoms with Crippen LogP contribution in [0.1, 0.15) is 37.9 Å². The number of amides is 1. The molecule has 1 aromatic heterocycles. The fourth-order valence-corrected chi connectivity index (χ4v) is 2.35. The van der Waals surface area contributed by atoms with Gasteiger partial charge in [0.1, 0.15) is 17.6 Å². The molecule has 0 unspecified atom stereocenters. The highest BCUT2D eigenvalue weighted by molar-refractivity contribution is 5.85. The van der Waals surface area contributed by atoms with Crippen LogP contribution in [0, 0.1) is 16.7 Å². The highest BCUT2D eigenvalue weighted by Crippen LogP contribution is 2.37. The summed E-state index contributed by atoms with van der Waals surface area (Å²) in [6, 6.07) is 2.19. The van der Waals surface area contributed by atoms with Gasteiger partial charge in [-0.2, -0.15) is 10.4 Å². The van der Waals surface area contributed by atoms with Gasteiger partial charge in [0.15, 0.2) is 0 Å². The molecule has 2 N–H and O–H groups in total. The Hall–Kier alpha value is -1.90. The number of hydrogen-bond acceptors (Lipinski definition) is 4. The van der Waals surface area contributed by atoms with Crippen LogP contribution in [0.4, 0.5) is 0 Å². The van der Waals surface area contributed by atoms with E-state index in [0.29, 0.717) is 19.4 Å². The molecule has 18 heavy (non-hydrogen) atoms. The van der Waals surface area contributed by atoms with E-state index in [0.717, 1.165) is 31.5 Å². The maximum Gasteiger partial charge on any atom is 0.240 e. The number of carbonyl (C=O) groups is 1. The van der Waals surface area contributed by atoms with E-state index in [1.807, 2.05) is 0 Å². The van der Waals surface area contributed by atoms with Crippen molar-refractivity contribution in [2.75, 3.05) is 6.54 Å². The Labute approximate surface area is 106 Å².